The van der Waals surface area contributed by atoms with E-state index < -0.39 is 0 Å². The van der Waals surface area contributed by atoms with Gasteiger partial charge in [0, 0.05) is 10.0 Å². The molecule has 33 heavy (non-hydrogen) atoms. The number of fused-ring (bicyclic) bond motifs is 1. The van der Waals surface area contributed by atoms with Crippen LogP contribution in [0, 0.1) is 0 Å². The Labute approximate surface area is 208 Å². The Morgan fingerprint density at radius 2 is 1.67 bits per heavy atom. The fourth-order valence-corrected chi connectivity index (χ4v) is 4.14. The highest BCUT2D eigenvalue weighted by Gasteiger charge is 2.09. The van der Waals surface area contributed by atoms with Crippen molar-refractivity contribution in [1.82, 2.24) is 5.43 Å². The molecule has 0 unspecified atom stereocenters. The lowest BCUT2D eigenvalue weighted by Crippen LogP contribution is -2.24. The van der Waals surface area contributed by atoms with Crippen LogP contribution >= 0.6 is 31.9 Å². The van der Waals surface area contributed by atoms with Crippen molar-refractivity contribution >= 4 is 54.8 Å². The Morgan fingerprint density at radius 1 is 0.879 bits per heavy atom. The molecule has 0 aliphatic rings. The smallest absolute Gasteiger partial charge is 0.277 e. The van der Waals surface area contributed by atoms with Crippen LogP contribution in [-0.2, 0) is 11.4 Å². The molecule has 0 radical (unpaired) electrons. The van der Waals surface area contributed by atoms with Gasteiger partial charge >= 0.3 is 0 Å². The van der Waals surface area contributed by atoms with Crippen LogP contribution in [0.2, 0.25) is 0 Å². The summed E-state index contributed by atoms with van der Waals surface area (Å²) >= 11 is 7.03. The highest BCUT2D eigenvalue weighted by molar-refractivity contribution is 9.11. The summed E-state index contributed by atoms with van der Waals surface area (Å²) in [6.45, 7) is 0.285. The molecule has 7 heteroatoms. The molecule has 0 atom stereocenters. The van der Waals surface area contributed by atoms with E-state index in [2.05, 4.69) is 42.4 Å². The number of carbonyl (C=O) groups is 1. The van der Waals surface area contributed by atoms with Crippen LogP contribution in [0.5, 0.6) is 11.5 Å². The molecule has 0 bridgehead atoms. The first-order chi connectivity index (χ1) is 16.1. The lowest BCUT2D eigenvalue weighted by Gasteiger charge is -2.10. The summed E-state index contributed by atoms with van der Waals surface area (Å²) < 4.78 is 13.4. The maximum absolute atomic E-state index is 12.2. The van der Waals surface area contributed by atoms with E-state index >= 15 is 0 Å². The number of nitrogens with zero attached hydrogens (tertiary/aromatic N) is 1. The van der Waals surface area contributed by atoms with Gasteiger partial charge in [0.05, 0.1) is 10.7 Å². The van der Waals surface area contributed by atoms with Crippen molar-refractivity contribution in [3.63, 3.8) is 0 Å². The minimum Gasteiger partial charge on any atom is -0.488 e. The fourth-order valence-electron chi connectivity index (χ4n) is 3.16. The van der Waals surface area contributed by atoms with E-state index in [9.17, 15) is 4.79 Å². The van der Waals surface area contributed by atoms with E-state index in [1.165, 1.54) is 0 Å². The Hall–Kier alpha value is -3.16. The molecule has 0 spiro atoms. The summed E-state index contributed by atoms with van der Waals surface area (Å²) in [4.78, 5) is 12.2. The SMILES string of the molecule is O=C(COc1ccc2cc(Br)ccc2c1Br)NN=Cc1ccccc1OCc1ccccc1. The highest BCUT2D eigenvalue weighted by atomic mass is 79.9. The zero-order valence-electron chi connectivity index (χ0n) is 17.5. The predicted molar refractivity (Wildman–Crippen MR) is 138 cm³/mol. The van der Waals surface area contributed by atoms with Gasteiger partial charge < -0.3 is 9.47 Å². The van der Waals surface area contributed by atoms with Crippen molar-refractivity contribution in [3.8, 4) is 11.5 Å². The first-order valence-electron chi connectivity index (χ1n) is 10.2. The van der Waals surface area contributed by atoms with Crippen molar-refractivity contribution in [2.24, 2.45) is 5.10 Å². The monoisotopic (exact) mass is 566 g/mol. The normalized spacial score (nSPS) is 11.0. The Balaban J connectivity index is 1.33. The second kappa shape index (κ2) is 11.1. The number of halogens is 2. The second-order valence-corrected chi connectivity index (χ2v) is 8.85. The summed E-state index contributed by atoms with van der Waals surface area (Å²) in [7, 11) is 0. The maximum Gasteiger partial charge on any atom is 0.277 e. The third-order valence-electron chi connectivity index (χ3n) is 4.79. The molecule has 5 nitrogen and oxygen atoms in total. The predicted octanol–water partition coefficient (Wildman–Crippen LogP) is 6.47. The summed E-state index contributed by atoms with van der Waals surface area (Å²) in [6, 6.07) is 27.2. The number of hydrazone groups is 1. The second-order valence-electron chi connectivity index (χ2n) is 7.14. The van der Waals surface area contributed by atoms with Crippen LogP contribution in [0.4, 0.5) is 0 Å². The van der Waals surface area contributed by atoms with Crippen molar-refractivity contribution in [2.45, 2.75) is 6.61 Å². The standard InChI is InChI=1S/C26H20Br2N2O3/c27-21-11-12-22-19(14-21)10-13-24(26(22)28)33-17-25(31)30-29-15-20-8-4-5-9-23(20)32-16-18-6-2-1-3-7-18/h1-15H,16-17H2,(H,30,31). The van der Waals surface area contributed by atoms with E-state index in [4.69, 9.17) is 9.47 Å². The number of amides is 1. The number of rotatable bonds is 8. The number of ether oxygens (including phenoxy) is 2. The van der Waals surface area contributed by atoms with Crippen molar-refractivity contribution in [1.29, 1.82) is 0 Å². The maximum atomic E-state index is 12.2. The van der Waals surface area contributed by atoms with Crippen LogP contribution in [-0.4, -0.2) is 18.7 Å². The van der Waals surface area contributed by atoms with Crippen molar-refractivity contribution < 1.29 is 14.3 Å². The molecule has 0 fully saturated rings. The van der Waals surface area contributed by atoms with Gasteiger partial charge in [-0.25, -0.2) is 5.43 Å². The third kappa shape index (κ3) is 6.21. The minimum absolute atomic E-state index is 0.163. The minimum atomic E-state index is -0.364. The molecule has 0 aromatic heterocycles. The average molecular weight is 568 g/mol. The molecule has 0 saturated heterocycles. The molecule has 4 aromatic rings. The highest BCUT2D eigenvalue weighted by Crippen LogP contribution is 2.34. The molecule has 0 aliphatic heterocycles. The van der Waals surface area contributed by atoms with Crippen LogP contribution in [0.15, 0.2) is 99.0 Å². The van der Waals surface area contributed by atoms with Gasteiger partial charge in [-0.3, -0.25) is 4.79 Å². The zero-order chi connectivity index (χ0) is 23.0. The van der Waals surface area contributed by atoms with Gasteiger partial charge in [0.1, 0.15) is 18.1 Å². The molecule has 0 heterocycles. The molecule has 4 aromatic carbocycles. The molecule has 0 aliphatic carbocycles. The molecule has 1 amide bonds. The number of carbonyl (C=O) groups excluding carboxylic acids is 1. The summed E-state index contributed by atoms with van der Waals surface area (Å²) in [5.74, 6) is 0.905. The van der Waals surface area contributed by atoms with Gasteiger partial charge in [0.25, 0.3) is 5.91 Å². The number of para-hydroxylation sites is 1. The molecular formula is C26H20Br2N2O3. The topological polar surface area (TPSA) is 59.9 Å². The third-order valence-corrected chi connectivity index (χ3v) is 6.10. The van der Waals surface area contributed by atoms with Crippen LogP contribution in [0.1, 0.15) is 11.1 Å². The lowest BCUT2D eigenvalue weighted by molar-refractivity contribution is -0.123. The first-order valence-corrected chi connectivity index (χ1v) is 11.8. The van der Waals surface area contributed by atoms with Crippen LogP contribution < -0.4 is 14.9 Å². The fraction of sp³-hybridized carbons (Fsp3) is 0.0769. The Morgan fingerprint density at radius 3 is 2.52 bits per heavy atom. The number of benzene rings is 4. The van der Waals surface area contributed by atoms with E-state index in [1.807, 2.05) is 84.9 Å². The van der Waals surface area contributed by atoms with Crippen LogP contribution in [0.25, 0.3) is 10.8 Å². The molecular weight excluding hydrogens is 548 g/mol. The Kier molecular flexibility index (Phi) is 7.75. The molecule has 0 saturated carbocycles. The van der Waals surface area contributed by atoms with Gasteiger partial charge in [-0.2, -0.15) is 5.10 Å². The average Bonchev–Trinajstić information content (AvgIpc) is 2.83. The zero-order valence-corrected chi connectivity index (χ0v) is 20.7. The lowest BCUT2D eigenvalue weighted by atomic mass is 10.1. The van der Waals surface area contributed by atoms with Gasteiger partial charge in [0.15, 0.2) is 6.61 Å². The van der Waals surface area contributed by atoms with Gasteiger partial charge in [-0.05, 0) is 62.6 Å². The molecule has 1 N–H and O–H groups in total. The van der Waals surface area contributed by atoms with Crippen molar-refractivity contribution in [3.05, 3.63) is 105 Å². The summed E-state index contributed by atoms with van der Waals surface area (Å²) in [5.41, 5.74) is 4.33. The summed E-state index contributed by atoms with van der Waals surface area (Å²) in [6.07, 6.45) is 1.56. The molecule has 166 valence electrons. The number of nitrogens with one attached hydrogen (secondary N) is 1. The number of hydrogen-bond acceptors (Lipinski definition) is 4. The largest absolute Gasteiger partial charge is 0.488 e. The van der Waals surface area contributed by atoms with E-state index in [0.717, 1.165) is 30.8 Å². The Bertz CT molecular complexity index is 1290. The van der Waals surface area contributed by atoms with Gasteiger partial charge in [-0.15, -0.1) is 0 Å². The first kappa shape index (κ1) is 23.0. The van der Waals surface area contributed by atoms with Crippen molar-refractivity contribution in [2.75, 3.05) is 6.61 Å². The number of hydrogen-bond donors (Lipinski definition) is 1. The van der Waals surface area contributed by atoms with E-state index in [0.29, 0.717) is 18.1 Å². The molecule has 4 rings (SSSR count). The van der Waals surface area contributed by atoms with Crippen LogP contribution in [0.3, 0.4) is 0 Å². The summed E-state index contributed by atoms with van der Waals surface area (Å²) in [5, 5.41) is 6.11. The quantitative estimate of drug-likeness (QED) is 0.196. The van der Waals surface area contributed by atoms with E-state index in [1.54, 1.807) is 6.21 Å². The van der Waals surface area contributed by atoms with Gasteiger partial charge in [0.2, 0.25) is 0 Å². The van der Waals surface area contributed by atoms with E-state index in [-0.39, 0.29) is 12.5 Å². The van der Waals surface area contributed by atoms with Gasteiger partial charge in [-0.1, -0.05) is 70.5 Å².